The van der Waals surface area contributed by atoms with E-state index in [-0.39, 0.29) is 16.9 Å². The van der Waals surface area contributed by atoms with Gasteiger partial charge in [0.05, 0.1) is 17.2 Å². The molecule has 0 amide bonds. The van der Waals surface area contributed by atoms with Gasteiger partial charge in [-0.25, -0.2) is 0 Å². The van der Waals surface area contributed by atoms with Crippen molar-refractivity contribution < 1.29 is 39.9 Å². The highest BCUT2D eigenvalue weighted by Gasteiger charge is 2.77. The SMILES string of the molecule is CCCc1cc(C(C)(C)C)c(O)c2c1[C@@H](C)[C@@]1(C)C(=C2O)C(=O)[C@@]2(O)C(O)=C(C(C)=O)C(=O)C(C(C)C)[C@@]2(C)[C@@H]1O. The van der Waals surface area contributed by atoms with Gasteiger partial charge in [0, 0.05) is 22.3 Å². The molecule has 1 saturated carbocycles. The maximum absolute atomic E-state index is 14.6. The zero-order valence-electron chi connectivity index (χ0n) is 25.8. The second-order valence-corrected chi connectivity index (χ2v) is 14.0. The van der Waals surface area contributed by atoms with E-state index >= 15 is 0 Å². The number of carbonyl (C=O) groups excluding carboxylic acids is 3. The number of Topliss-reactive ketones (excluding diaryl/α,β-unsaturated/α-hetero) is 3. The number of phenolic OH excluding ortho intramolecular Hbond substituents is 1. The van der Waals surface area contributed by atoms with E-state index in [1.807, 2.05) is 33.8 Å². The molecule has 3 aliphatic carbocycles. The molecule has 8 heteroatoms. The predicted octanol–water partition coefficient (Wildman–Crippen LogP) is 4.97. The molecule has 4 rings (SSSR count). The number of carbonyl (C=O) groups is 3. The van der Waals surface area contributed by atoms with Gasteiger partial charge in [-0.3, -0.25) is 14.4 Å². The fourth-order valence-corrected chi connectivity index (χ4v) is 8.21. The number of aliphatic hydroxyl groups is 4. The Labute approximate surface area is 241 Å². The van der Waals surface area contributed by atoms with E-state index in [1.54, 1.807) is 27.7 Å². The molecular weight excluding hydrogens is 524 g/mol. The summed E-state index contributed by atoms with van der Waals surface area (Å²) in [7, 11) is 0. The zero-order valence-corrected chi connectivity index (χ0v) is 25.8. The van der Waals surface area contributed by atoms with Gasteiger partial charge in [-0.1, -0.05) is 74.8 Å². The third-order valence-electron chi connectivity index (χ3n) is 10.3. The smallest absolute Gasteiger partial charge is 0.203 e. The van der Waals surface area contributed by atoms with Gasteiger partial charge in [0.1, 0.15) is 22.8 Å². The summed E-state index contributed by atoms with van der Waals surface area (Å²) in [6, 6.07) is 1.92. The first-order valence-electron chi connectivity index (χ1n) is 14.5. The number of aromatic hydroxyl groups is 1. The average Bonchev–Trinajstić information content (AvgIpc) is 2.84. The van der Waals surface area contributed by atoms with Crippen LogP contribution >= 0.6 is 0 Å². The first kappa shape index (κ1) is 31.0. The summed E-state index contributed by atoms with van der Waals surface area (Å²) in [5, 5.41) is 59.5. The lowest BCUT2D eigenvalue weighted by atomic mass is 9.40. The van der Waals surface area contributed by atoms with Gasteiger partial charge in [-0.15, -0.1) is 0 Å². The normalized spacial score (nSPS) is 33.6. The highest BCUT2D eigenvalue weighted by molar-refractivity contribution is 6.24. The number of fused-ring (bicyclic) bond motifs is 3. The van der Waals surface area contributed by atoms with Crippen LogP contribution in [0.2, 0.25) is 0 Å². The molecular formula is C33H44O8. The van der Waals surface area contributed by atoms with Gasteiger partial charge in [-0.2, -0.15) is 0 Å². The second-order valence-electron chi connectivity index (χ2n) is 14.0. The van der Waals surface area contributed by atoms with Crippen LogP contribution in [0, 0.1) is 22.7 Å². The molecule has 0 heterocycles. The van der Waals surface area contributed by atoms with E-state index in [0.717, 1.165) is 18.9 Å². The van der Waals surface area contributed by atoms with Crippen molar-refractivity contribution in [2.24, 2.45) is 22.7 Å². The Morgan fingerprint density at radius 3 is 2.12 bits per heavy atom. The molecule has 0 saturated heterocycles. The summed E-state index contributed by atoms with van der Waals surface area (Å²) in [5.41, 5.74) is -5.84. The third kappa shape index (κ3) is 3.56. The van der Waals surface area contributed by atoms with Crippen LogP contribution in [0.25, 0.3) is 5.76 Å². The Bertz CT molecular complexity index is 1440. The number of aryl methyl sites for hydroxylation is 1. The monoisotopic (exact) mass is 568 g/mol. The van der Waals surface area contributed by atoms with E-state index in [4.69, 9.17) is 0 Å². The molecule has 5 N–H and O–H groups in total. The molecule has 0 spiro atoms. The van der Waals surface area contributed by atoms with E-state index in [9.17, 15) is 39.9 Å². The van der Waals surface area contributed by atoms with Crippen molar-refractivity contribution in [1.29, 1.82) is 0 Å². The molecule has 3 aliphatic rings. The van der Waals surface area contributed by atoms with E-state index in [0.29, 0.717) is 17.5 Å². The van der Waals surface area contributed by atoms with Gasteiger partial charge < -0.3 is 25.5 Å². The number of allylic oxidation sites excluding steroid dienone is 1. The highest BCUT2D eigenvalue weighted by Crippen LogP contribution is 2.68. The van der Waals surface area contributed by atoms with E-state index < -0.39 is 80.1 Å². The van der Waals surface area contributed by atoms with Crippen molar-refractivity contribution in [1.82, 2.24) is 0 Å². The van der Waals surface area contributed by atoms with Crippen LogP contribution in [0.15, 0.2) is 23.0 Å². The average molecular weight is 569 g/mol. The first-order valence-corrected chi connectivity index (χ1v) is 14.5. The van der Waals surface area contributed by atoms with Crippen molar-refractivity contribution in [3.63, 3.8) is 0 Å². The lowest BCUT2D eigenvalue weighted by molar-refractivity contribution is -0.215. The summed E-state index contributed by atoms with van der Waals surface area (Å²) in [6.45, 7) is 17.1. The fourth-order valence-electron chi connectivity index (χ4n) is 8.21. The Morgan fingerprint density at radius 1 is 1.10 bits per heavy atom. The number of rotatable bonds is 4. The maximum Gasteiger partial charge on any atom is 0.203 e. The Balaban J connectivity index is 2.21. The highest BCUT2D eigenvalue weighted by atomic mass is 16.4. The lowest BCUT2D eigenvalue weighted by Crippen LogP contribution is -2.75. The molecule has 1 unspecified atom stereocenters. The zero-order chi connectivity index (χ0) is 31.4. The van der Waals surface area contributed by atoms with Crippen LogP contribution in [0.3, 0.4) is 0 Å². The summed E-state index contributed by atoms with van der Waals surface area (Å²) in [5.74, 6) is -6.96. The van der Waals surface area contributed by atoms with Crippen molar-refractivity contribution in [3.05, 3.63) is 45.2 Å². The molecule has 41 heavy (non-hydrogen) atoms. The van der Waals surface area contributed by atoms with Gasteiger partial charge in [0.2, 0.25) is 5.78 Å². The molecule has 1 fully saturated rings. The molecule has 0 aromatic heterocycles. The maximum atomic E-state index is 14.6. The van der Waals surface area contributed by atoms with Gasteiger partial charge in [0.15, 0.2) is 17.2 Å². The topological polar surface area (TPSA) is 152 Å². The van der Waals surface area contributed by atoms with Crippen molar-refractivity contribution in [2.45, 2.75) is 105 Å². The minimum Gasteiger partial charge on any atom is -0.508 e. The van der Waals surface area contributed by atoms with Crippen LogP contribution in [0.1, 0.15) is 104 Å². The Kier molecular flexibility index (Phi) is 7.00. The molecule has 0 aliphatic heterocycles. The third-order valence-corrected chi connectivity index (χ3v) is 10.3. The van der Waals surface area contributed by atoms with Crippen LogP contribution in [0.5, 0.6) is 5.75 Å². The number of aliphatic hydroxyl groups excluding tert-OH is 3. The number of hydrogen-bond donors (Lipinski definition) is 5. The largest absolute Gasteiger partial charge is 0.508 e. The van der Waals surface area contributed by atoms with Gasteiger partial charge in [-0.05, 0) is 41.7 Å². The first-order chi connectivity index (χ1) is 18.7. The second kappa shape index (κ2) is 9.27. The van der Waals surface area contributed by atoms with E-state index in [2.05, 4.69) is 0 Å². The minimum absolute atomic E-state index is 0.0659. The standard InChI is InChI=1S/C33H44O8/c1-11-12-17-13-18(30(6,7)8)24(35)21-19(17)15(4)31(9)23(26(21)37)28(39)33(41)27(38)20(16(5)34)25(36)22(14(2)3)32(33,10)29(31)40/h13-15,22,29,35,37-38,40-41H,11-12H2,1-10H3/t15-,22?,29-,31+,32+,33+/m1/s1. The van der Waals surface area contributed by atoms with Gasteiger partial charge in [0.25, 0.3) is 0 Å². The molecule has 1 aromatic rings. The summed E-state index contributed by atoms with van der Waals surface area (Å²) < 4.78 is 0. The number of hydrogen-bond acceptors (Lipinski definition) is 8. The van der Waals surface area contributed by atoms with Crippen LogP contribution < -0.4 is 0 Å². The molecule has 6 atom stereocenters. The quantitative estimate of drug-likeness (QED) is 0.319. The summed E-state index contributed by atoms with van der Waals surface area (Å²) in [4.78, 5) is 40.9. The van der Waals surface area contributed by atoms with Crippen molar-refractivity contribution >= 4 is 23.1 Å². The Hall–Kier alpha value is -2.97. The summed E-state index contributed by atoms with van der Waals surface area (Å²) in [6.07, 6.45) is -0.265. The van der Waals surface area contributed by atoms with E-state index in [1.165, 1.54) is 6.92 Å². The van der Waals surface area contributed by atoms with Crippen LogP contribution in [0.4, 0.5) is 0 Å². The number of phenols is 1. The predicted molar refractivity (Wildman–Crippen MR) is 155 cm³/mol. The molecule has 1 aromatic carbocycles. The molecule has 0 bridgehead atoms. The minimum atomic E-state index is -2.89. The number of benzene rings is 1. The molecule has 0 radical (unpaired) electrons. The lowest BCUT2D eigenvalue weighted by Gasteiger charge is -2.63. The van der Waals surface area contributed by atoms with Crippen molar-refractivity contribution in [2.75, 3.05) is 0 Å². The van der Waals surface area contributed by atoms with Crippen LogP contribution in [-0.2, 0) is 26.2 Å². The Morgan fingerprint density at radius 2 is 1.66 bits per heavy atom. The fraction of sp³-hybridized carbons (Fsp3) is 0.606. The molecule has 224 valence electrons. The van der Waals surface area contributed by atoms with Gasteiger partial charge >= 0.3 is 0 Å². The number of ketones is 3. The van der Waals surface area contributed by atoms with Crippen LogP contribution in [-0.4, -0.2) is 54.6 Å². The molecule has 8 nitrogen and oxygen atoms in total. The summed E-state index contributed by atoms with van der Waals surface area (Å²) >= 11 is 0. The van der Waals surface area contributed by atoms with Crippen molar-refractivity contribution in [3.8, 4) is 5.75 Å².